The fourth-order valence-electron chi connectivity index (χ4n) is 4.05. The molecular weight excluding hydrogens is 334 g/mol. The molecule has 0 radical (unpaired) electrons. The van der Waals surface area contributed by atoms with Gasteiger partial charge in [-0.15, -0.1) is 0 Å². The van der Waals surface area contributed by atoms with Crippen molar-refractivity contribution in [2.24, 2.45) is 0 Å². The van der Waals surface area contributed by atoms with Gasteiger partial charge in [0.1, 0.15) is 0 Å². The topological polar surface area (TPSA) is 28.5 Å². The van der Waals surface area contributed by atoms with Crippen molar-refractivity contribution in [3.8, 4) is 0 Å². The van der Waals surface area contributed by atoms with E-state index in [1.165, 1.54) is 17.7 Å². The maximum Gasteiger partial charge on any atom is 0.236 e. The van der Waals surface area contributed by atoms with E-state index in [1.54, 1.807) is 0 Å². The quantitative estimate of drug-likeness (QED) is 0.840. The molecule has 2 aromatic rings. The number of rotatable bonds is 3. The lowest BCUT2D eigenvalue weighted by molar-refractivity contribution is -0.134. The molecule has 1 unspecified atom stereocenters. The van der Waals surface area contributed by atoms with Gasteiger partial charge in [-0.3, -0.25) is 9.69 Å². The molecule has 1 aromatic carbocycles. The van der Waals surface area contributed by atoms with Gasteiger partial charge in [-0.25, -0.2) is 0 Å². The van der Waals surface area contributed by atoms with Gasteiger partial charge in [0.15, 0.2) is 0 Å². The lowest BCUT2D eigenvalue weighted by atomic mass is 10.00. The number of nitrogens with zero attached hydrogens (tertiary/aromatic N) is 3. The largest absolute Gasteiger partial charge is 0.348 e. The van der Waals surface area contributed by atoms with Crippen molar-refractivity contribution >= 4 is 17.5 Å². The van der Waals surface area contributed by atoms with Crippen LogP contribution in [0.15, 0.2) is 42.6 Å². The number of halogens is 1. The number of hydrogen-bond acceptors (Lipinski definition) is 2. The van der Waals surface area contributed by atoms with Gasteiger partial charge in [0.05, 0.1) is 12.6 Å². The molecule has 132 valence electrons. The van der Waals surface area contributed by atoms with Gasteiger partial charge in [-0.1, -0.05) is 23.7 Å². The monoisotopic (exact) mass is 357 g/mol. The molecule has 0 aliphatic carbocycles. The summed E-state index contributed by atoms with van der Waals surface area (Å²) in [5, 5.41) is 0.742. The van der Waals surface area contributed by atoms with E-state index < -0.39 is 0 Å². The summed E-state index contributed by atoms with van der Waals surface area (Å²) < 4.78 is 2.29. The van der Waals surface area contributed by atoms with Gasteiger partial charge in [0.25, 0.3) is 0 Å². The number of piperidine rings is 1. The number of carbonyl (C=O) groups excluding carboxylic acids is 1. The smallest absolute Gasteiger partial charge is 0.236 e. The maximum atomic E-state index is 12.8. The number of amides is 1. The molecule has 4 nitrogen and oxygen atoms in total. The second kappa shape index (κ2) is 7.22. The number of aromatic nitrogens is 1. The van der Waals surface area contributed by atoms with Crippen LogP contribution in [-0.4, -0.2) is 46.5 Å². The summed E-state index contributed by atoms with van der Waals surface area (Å²) >= 11 is 6.07. The third-order valence-electron chi connectivity index (χ3n) is 5.37. The Balaban J connectivity index is 1.59. The summed E-state index contributed by atoms with van der Waals surface area (Å²) in [4.78, 5) is 17.2. The summed E-state index contributed by atoms with van der Waals surface area (Å²) in [6.07, 6.45) is 5.64. The summed E-state index contributed by atoms with van der Waals surface area (Å²) in [6, 6.07) is 12.4. The first-order valence-corrected chi connectivity index (χ1v) is 9.52. The highest BCUT2D eigenvalue weighted by Crippen LogP contribution is 2.33. The highest BCUT2D eigenvalue weighted by Gasteiger charge is 2.31. The van der Waals surface area contributed by atoms with Crippen LogP contribution in [0.25, 0.3) is 0 Å². The van der Waals surface area contributed by atoms with Gasteiger partial charge in [-0.2, -0.15) is 0 Å². The van der Waals surface area contributed by atoms with Crippen molar-refractivity contribution in [3.05, 3.63) is 58.9 Å². The summed E-state index contributed by atoms with van der Waals surface area (Å²) in [5.41, 5.74) is 2.44. The number of fused-ring (bicyclic) bond motifs is 1. The van der Waals surface area contributed by atoms with Crippen LogP contribution >= 0.6 is 11.6 Å². The Labute approximate surface area is 154 Å². The van der Waals surface area contributed by atoms with Crippen LogP contribution in [0.1, 0.15) is 36.6 Å². The van der Waals surface area contributed by atoms with Crippen LogP contribution in [0.2, 0.25) is 5.02 Å². The van der Waals surface area contributed by atoms with E-state index in [4.69, 9.17) is 11.6 Å². The molecular formula is C20H24ClN3O. The van der Waals surface area contributed by atoms with E-state index in [2.05, 4.69) is 39.9 Å². The molecule has 2 aliphatic rings. The number of likely N-dealkylation sites (tertiary alicyclic amines) is 1. The van der Waals surface area contributed by atoms with Crippen LogP contribution < -0.4 is 0 Å². The Morgan fingerprint density at radius 2 is 1.76 bits per heavy atom. The minimum Gasteiger partial charge on any atom is -0.348 e. The molecule has 3 heterocycles. The molecule has 1 atom stereocenters. The van der Waals surface area contributed by atoms with Crippen LogP contribution in [0.5, 0.6) is 0 Å². The lowest BCUT2D eigenvalue weighted by Crippen LogP contribution is -2.46. The van der Waals surface area contributed by atoms with E-state index in [-0.39, 0.29) is 11.9 Å². The van der Waals surface area contributed by atoms with Crippen molar-refractivity contribution in [2.75, 3.05) is 26.2 Å². The molecule has 5 heteroatoms. The van der Waals surface area contributed by atoms with E-state index >= 15 is 0 Å². The number of hydrogen-bond donors (Lipinski definition) is 0. The Bertz CT molecular complexity index is 734. The zero-order chi connectivity index (χ0) is 17.2. The summed E-state index contributed by atoms with van der Waals surface area (Å²) in [7, 11) is 0. The van der Waals surface area contributed by atoms with Gasteiger partial charge >= 0.3 is 0 Å². The van der Waals surface area contributed by atoms with Crippen molar-refractivity contribution in [1.29, 1.82) is 0 Å². The fraction of sp³-hybridized carbons (Fsp3) is 0.450. The van der Waals surface area contributed by atoms with Crippen LogP contribution in [0, 0.1) is 0 Å². The van der Waals surface area contributed by atoms with E-state index in [9.17, 15) is 4.79 Å². The molecule has 0 bridgehead atoms. The maximum absolute atomic E-state index is 12.8. The van der Waals surface area contributed by atoms with Gasteiger partial charge in [0, 0.05) is 43.1 Å². The summed E-state index contributed by atoms with van der Waals surface area (Å²) in [5.74, 6) is 0.263. The van der Waals surface area contributed by atoms with Gasteiger partial charge in [0.2, 0.25) is 5.91 Å². The highest BCUT2D eigenvalue weighted by atomic mass is 35.5. The third-order valence-corrected chi connectivity index (χ3v) is 5.62. The number of carbonyl (C=O) groups is 1. The van der Waals surface area contributed by atoms with E-state index in [1.807, 2.05) is 17.0 Å². The standard InChI is InChI=1S/C20H24ClN3O/c21-17-8-6-16(7-9-17)20-18-5-4-12-22(18)13-14-24(20)15-19(25)23-10-2-1-3-11-23/h4-9,12,20H,1-3,10-11,13-15H2. The molecule has 0 N–H and O–H groups in total. The zero-order valence-corrected chi connectivity index (χ0v) is 15.2. The van der Waals surface area contributed by atoms with Crippen molar-refractivity contribution in [1.82, 2.24) is 14.4 Å². The first kappa shape index (κ1) is 16.7. The first-order chi connectivity index (χ1) is 12.2. The van der Waals surface area contributed by atoms with Crippen LogP contribution in [-0.2, 0) is 11.3 Å². The molecule has 0 spiro atoms. The molecule has 1 amide bonds. The Kier molecular flexibility index (Phi) is 4.82. The third kappa shape index (κ3) is 3.46. The van der Waals surface area contributed by atoms with Gasteiger partial charge in [-0.05, 0) is 49.1 Å². The SMILES string of the molecule is O=C(CN1CCn2cccc2C1c1ccc(Cl)cc1)N1CCCCC1. The summed E-state index contributed by atoms with van der Waals surface area (Å²) in [6.45, 7) is 4.12. The molecule has 0 saturated carbocycles. The van der Waals surface area contributed by atoms with Crippen LogP contribution in [0.4, 0.5) is 0 Å². The molecule has 1 aromatic heterocycles. The van der Waals surface area contributed by atoms with E-state index in [0.717, 1.165) is 44.0 Å². The normalized spacial score (nSPS) is 21.2. The minimum absolute atomic E-state index is 0.106. The molecule has 2 aliphatic heterocycles. The first-order valence-electron chi connectivity index (χ1n) is 9.15. The van der Waals surface area contributed by atoms with E-state index in [0.29, 0.717) is 6.54 Å². The van der Waals surface area contributed by atoms with Gasteiger partial charge < -0.3 is 9.47 Å². The molecule has 4 rings (SSSR count). The number of benzene rings is 1. The Morgan fingerprint density at radius 3 is 2.52 bits per heavy atom. The minimum atomic E-state index is 0.106. The molecule has 25 heavy (non-hydrogen) atoms. The van der Waals surface area contributed by atoms with Crippen molar-refractivity contribution in [3.63, 3.8) is 0 Å². The van der Waals surface area contributed by atoms with Crippen molar-refractivity contribution in [2.45, 2.75) is 31.8 Å². The Morgan fingerprint density at radius 1 is 1.00 bits per heavy atom. The second-order valence-corrected chi connectivity index (χ2v) is 7.43. The molecule has 1 saturated heterocycles. The lowest BCUT2D eigenvalue weighted by Gasteiger charge is -2.38. The highest BCUT2D eigenvalue weighted by molar-refractivity contribution is 6.30. The van der Waals surface area contributed by atoms with Crippen molar-refractivity contribution < 1.29 is 4.79 Å². The Hall–Kier alpha value is -1.78. The average molecular weight is 358 g/mol. The average Bonchev–Trinajstić information content (AvgIpc) is 3.12. The van der Waals surface area contributed by atoms with Crippen LogP contribution in [0.3, 0.4) is 0 Å². The predicted molar refractivity (Wildman–Crippen MR) is 99.7 cm³/mol. The fourth-order valence-corrected chi connectivity index (χ4v) is 4.17. The molecule has 1 fully saturated rings. The zero-order valence-electron chi connectivity index (χ0n) is 14.4. The predicted octanol–water partition coefficient (Wildman–Crippen LogP) is 3.56. The second-order valence-electron chi connectivity index (χ2n) is 6.99.